The first-order valence-corrected chi connectivity index (χ1v) is 16.6. The molecule has 4 rings (SSSR count). The highest BCUT2D eigenvalue weighted by Gasteiger charge is 2.34. The molecule has 0 heterocycles. The number of methoxy groups -OCH3 is 1. The van der Waals surface area contributed by atoms with Gasteiger partial charge in [-0.25, -0.2) is 8.42 Å². The molecule has 1 N–H and O–H groups in total. The molecular formula is C36H41N3O5S. The van der Waals surface area contributed by atoms with Crippen LogP contribution in [0, 0.1) is 6.92 Å². The predicted octanol–water partition coefficient (Wildman–Crippen LogP) is 5.76. The monoisotopic (exact) mass is 627 g/mol. The molecule has 0 aliphatic heterocycles. The topological polar surface area (TPSA) is 96.0 Å². The zero-order chi connectivity index (χ0) is 32.2. The first-order chi connectivity index (χ1) is 21.7. The maximum Gasteiger partial charge on any atom is 0.264 e. The van der Waals surface area contributed by atoms with E-state index in [1.807, 2.05) is 68.4 Å². The third-order valence-electron chi connectivity index (χ3n) is 7.67. The van der Waals surface area contributed by atoms with Crippen molar-refractivity contribution < 1.29 is 22.7 Å². The molecule has 4 aromatic carbocycles. The van der Waals surface area contributed by atoms with Crippen molar-refractivity contribution in [2.75, 3.05) is 24.5 Å². The Morgan fingerprint density at radius 2 is 1.47 bits per heavy atom. The molecule has 0 bridgehead atoms. The third kappa shape index (κ3) is 8.73. The Kier molecular flexibility index (Phi) is 11.8. The molecule has 0 radical (unpaired) electrons. The molecule has 236 valence electrons. The molecule has 45 heavy (non-hydrogen) atoms. The Morgan fingerprint density at radius 3 is 2.09 bits per heavy atom. The van der Waals surface area contributed by atoms with E-state index in [4.69, 9.17) is 4.74 Å². The Bertz CT molecular complexity index is 1650. The van der Waals surface area contributed by atoms with Gasteiger partial charge in [0.15, 0.2) is 0 Å². The van der Waals surface area contributed by atoms with E-state index in [0.29, 0.717) is 18.0 Å². The Morgan fingerprint density at radius 1 is 0.844 bits per heavy atom. The first-order valence-electron chi connectivity index (χ1n) is 15.1. The maximum absolute atomic E-state index is 14.5. The van der Waals surface area contributed by atoms with E-state index in [1.54, 1.807) is 42.5 Å². The summed E-state index contributed by atoms with van der Waals surface area (Å²) in [6.07, 6.45) is 1.98. The highest BCUT2D eigenvalue weighted by molar-refractivity contribution is 7.92. The molecule has 2 amide bonds. The van der Waals surface area contributed by atoms with Crippen LogP contribution in [-0.4, -0.2) is 51.4 Å². The average Bonchev–Trinajstić information content (AvgIpc) is 3.07. The number of aryl methyl sites for hydroxylation is 1. The SMILES string of the molecule is CCCCNC(=O)[C@@H](Cc1ccccc1)N(Cc1ccccc1C)C(=O)CN(c1ccc(OC)cc1)S(=O)(=O)c1ccccc1. The highest BCUT2D eigenvalue weighted by atomic mass is 32.2. The average molecular weight is 628 g/mol. The van der Waals surface area contributed by atoms with E-state index in [2.05, 4.69) is 5.32 Å². The Balaban J connectivity index is 1.79. The molecule has 1 atom stereocenters. The zero-order valence-corrected chi connectivity index (χ0v) is 26.9. The largest absolute Gasteiger partial charge is 0.497 e. The number of sulfonamides is 1. The molecule has 0 unspecified atom stereocenters. The number of ether oxygens (including phenoxy) is 1. The van der Waals surface area contributed by atoms with E-state index in [1.165, 1.54) is 24.1 Å². The van der Waals surface area contributed by atoms with E-state index >= 15 is 0 Å². The van der Waals surface area contributed by atoms with Gasteiger partial charge in [0.05, 0.1) is 17.7 Å². The van der Waals surface area contributed by atoms with Gasteiger partial charge in [-0.1, -0.05) is 86.1 Å². The normalized spacial score (nSPS) is 11.8. The summed E-state index contributed by atoms with van der Waals surface area (Å²) >= 11 is 0. The second-order valence-electron chi connectivity index (χ2n) is 10.8. The number of amides is 2. The van der Waals surface area contributed by atoms with Crippen LogP contribution in [0.1, 0.15) is 36.5 Å². The number of anilines is 1. The number of hydrogen-bond donors (Lipinski definition) is 1. The second-order valence-corrected chi connectivity index (χ2v) is 12.7. The van der Waals surface area contributed by atoms with Gasteiger partial charge in [0.1, 0.15) is 18.3 Å². The summed E-state index contributed by atoms with van der Waals surface area (Å²) in [4.78, 5) is 29.9. The summed E-state index contributed by atoms with van der Waals surface area (Å²) in [6, 6.07) is 30.9. The minimum absolute atomic E-state index is 0.0530. The number of nitrogens with one attached hydrogen (secondary N) is 1. The fourth-order valence-electron chi connectivity index (χ4n) is 5.03. The highest BCUT2D eigenvalue weighted by Crippen LogP contribution is 2.27. The fraction of sp³-hybridized carbons (Fsp3) is 0.278. The molecule has 9 heteroatoms. The third-order valence-corrected chi connectivity index (χ3v) is 9.46. The summed E-state index contributed by atoms with van der Waals surface area (Å²) < 4.78 is 34.5. The molecular weight excluding hydrogens is 586 g/mol. The van der Waals surface area contributed by atoms with Crippen LogP contribution in [0.4, 0.5) is 5.69 Å². The molecule has 8 nitrogen and oxygen atoms in total. The van der Waals surface area contributed by atoms with Crippen LogP contribution in [0.15, 0.2) is 114 Å². The van der Waals surface area contributed by atoms with Gasteiger partial charge in [0.25, 0.3) is 10.0 Å². The van der Waals surface area contributed by atoms with Gasteiger partial charge in [0.2, 0.25) is 11.8 Å². The molecule has 4 aromatic rings. The lowest BCUT2D eigenvalue weighted by atomic mass is 10.0. The van der Waals surface area contributed by atoms with Crippen molar-refractivity contribution in [3.63, 3.8) is 0 Å². The quantitative estimate of drug-likeness (QED) is 0.169. The first kappa shape index (κ1) is 33.3. The van der Waals surface area contributed by atoms with Gasteiger partial charge in [-0.05, 0) is 66.4 Å². The fourth-order valence-corrected chi connectivity index (χ4v) is 6.46. The number of carbonyl (C=O) groups excluding carboxylic acids is 2. The van der Waals surface area contributed by atoms with Crippen LogP contribution >= 0.6 is 0 Å². The lowest BCUT2D eigenvalue weighted by Crippen LogP contribution is -2.53. The van der Waals surface area contributed by atoms with E-state index < -0.39 is 28.5 Å². The summed E-state index contributed by atoms with van der Waals surface area (Å²) in [5, 5.41) is 3.01. The van der Waals surface area contributed by atoms with E-state index in [-0.39, 0.29) is 23.8 Å². The maximum atomic E-state index is 14.5. The van der Waals surface area contributed by atoms with Crippen molar-refractivity contribution in [3.8, 4) is 5.75 Å². The van der Waals surface area contributed by atoms with Crippen LogP contribution in [0.3, 0.4) is 0 Å². The van der Waals surface area contributed by atoms with Crippen molar-refractivity contribution in [1.82, 2.24) is 10.2 Å². The van der Waals surface area contributed by atoms with Crippen molar-refractivity contribution in [2.24, 2.45) is 0 Å². The minimum atomic E-state index is -4.16. The van der Waals surface area contributed by atoms with Crippen LogP contribution < -0.4 is 14.4 Å². The molecule has 0 aromatic heterocycles. The molecule has 0 aliphatic carbocycles. The van der Waals surface area contributed by atoms with E-state index in [0.717, 1.165) is 33.8 Å². The number of hydrogen-bond acceptors (Lipinski definition) is 5. The van der Waals surface area contributed by atoms with Crippen LogP contribution in [0.25, 0.3) is 0 Å². The number of carbonyl (C=O) groups is 2. The molecule has 0 fully saturated rings. The van der Waals surface area contributed by atoms with Gasteiger partial charge >= 0.3 is 0 Å². The summed E-state index contributed by atoms with van der Waals surface area (Å²) in [7, 11) is -2.63. The molecule has 0 aliphatic rings. The Hall–Kier alpha value is -4.63. The number of unbranched alkanes of at least 4 members (excludes halogenated alkanes) is 1. The molecule has 0 saturated heterocycles. The van der Waals surface area contributed by atoms with Gasteiger partial charge in [-0.2, -0.15) is 0 Å². The van der Waals surface area contributed by atoms with E-state index in [9.17, 15) is 18.0 Å². The van der Waals surface area contributed by atoms with Crippen LogP contribution in [-0.2, 0) is 32.6 Å². The minimum Gasteiger partial charge on any atom is -0.497 e. The number of nitrogens with zero attached hydrogens (tertiary/aromatic N) is 2. The molecule has 0 saturated carbocycles. The van der Waals surface area contributed by atoms with Crippen molar-refractivity contribution >= 4 is 27.5 Å². The van der Waals surface area contributed by atoms with Gasteiger partial charge in [0, 0.05) is 19.5 Å². The second kappa shape index (κ2) is 15.9. The van der Waals surface area contributed by atoms with Crippen LogP contribution in [0.5, 0.6) is 5.75 Å². The van der Waals surface area contributed by atoms with Gasteiger partial charge in [-0.3, -0.25) is 13.9 Å². The van der Waals surface area contributed by atoms with Crippen molar-refractivity contribution in [2.45, 2.75) is 50.6 Å². The Labute approximate surface area is 266 Å². The van der Waals surface area contributed by atoms with Crippen molar-refractivity contribution in [1.29, 1.82) is 0 Å². The number of benzene rings is 4. The standard InChI is InChI=1S/C36H41N3O5S/c1-4-5-24-37-36(41)34(25-29-15-8-6-9-16-29)38(26-30-17-13-12-14-28(30)2)35(40)27-39(31-20-22-32(44-3)23-21-31)45(42,43)33-18-10-7-11-19-33/h6-23,34H,4-5,24-27H2,1-3H3,(H,37,41)/t34-/m1/s1. The molecule has 0 spiro atoms. The van der Waals surface area contributed by atoms with Crippen molar-refractivity contribution in [3.05, 3.63) is 126 Å². The summed E-state index contributed by atoms with van der Waals surface area (Å²) in [6.45, 7) is 4.10. The summed E-state index contributed by atoms with van der Waals surface area (Å²) in [5.41, 5.74) is 3.02. The summed E-state index contributed by atoms with van der Waals surface area (Å²) in [5.74, 6) is -0.230. The van der Waals surface area contributed by atoms with Crippen LogP contribution in [0.2, 0.25) is 0 Å². The zero-order valence-electron chi connectivity index (χ0n) is 26.1. The van der Waals surface area contributed by atoms with Gasteiger partial charge in [-0.15, -0.1) is 0 Å². The van der Waals surface area contributed by atoms with Gasteiger partial charge < -0.3 is 15.0 Å². The predicted molar refractivity (Wildman–Crippen MR) is 178 cm³/mol. The number of rotatable bonds is 15. The lowest BCUT2D eigenvalue weighted by Gasteiger charge is -2.34. The smallest absolute Gasteiger partial charge is 0.264 e. The lowest BCUT2D eigenvalue weighted by molar-refractivity contribution is -0.140.